The van der Waals surface area contributed by atoms with E-state index in [9.17, 15) is 4.79 Å². The summed E-state index contributed by atoms with van der Waals surface area (Å²) in [7, 11) is 0. The van der Waals surface area contributed by atoms with Crippen molar-refractivity contribution in [2.24, 2.45) is 0 Å². The van der Waals surface area contributed by atoms with Gasteiger partial charge in [0.2, 0.25) is 11.9 Å². The van der Waals surface area contributed by atoms with E-state index in [1.165, 1.54) is 0 Å². The molecule has 1 aromatic heterocycles. The molecule has 6 N–H and O–H groups in total. The number of benzene rings is 2. The van der Waals surface area contributed by atoms with E-state index < -0.39 is 6.03 Å². The first-order valence-corrected chi connectivity index (χ1v) is 9.91. The standard InChI is InChI=1S/C23H27N7O/c1-5-16(14(2)3)10-9-15(4)26-22-28-21(25)30(29-22)23(31)27-18-11-12-19-17(13-18)7-6-8-20(19)24/h6-13H,2,5,24H2,1,3-4H3,(H,27,31)(H3,25,26,28,29)/b15-9+,16-10+. The molecule has 0 atom stereocenters. The number of anilines is 4. The molecule has 0 radical (unpaired) electrons. The summed E-state index contributed by atoms with van der Waals surface area (Å²) in [5.41, 5.74) is 16.1. The van der Waals surface area contributed by atoms with Crippen molar-refractivity contribution in [2.45, 2.75) is 27.2 Å². The van der Waals surface area contributed by atoms with Gasteiger partial charge >= 0.3 is 6.03 Å². The van der Waals surface area contributed by atoms with Crippen LogP contribution in [0, 0.1) is 0 Å². The molecule has 0 fully saturated rings. The highest BCUT2D eigenvalue weighted by atomic mass is 16.2. The lowest BCUT2D eigenvalue weighted by Crippen LogP contribution is -2.22. The lowest BCUT2D eigenvalue weighted by atomic mass is 10.1. The molecule has 0 aliphatic heterocycles. The number of nitrogens with one attached hydrogen (secondary N) is 2. The van der Waals surface area contributed by atoms with Crippen molar-refractivity contribution in [1.29, 1.82) is 0 Å². The maximum absolute atomic E-state index is 12.6. The lowest BCUT2D eigenvalue weighted by molar-refractivity contribution is 0.251. The summed E-state index contributed by atoms with van der Waals surface area (Å²) in [4.78, 5) is 16.8. The minimum atomic E-state index is -0.515. The SMILES string of the molecule is C=C(C)/C(=C/C=C(\C)Nc1nc(N)n(C(=O)Nc2ccc3c(N)cccc3c2)n1)CC. The highest BCUT2D eigenvalue weighted by molar-refractivity contribution is 5.98. The predicted octanol–water partition coefficient (Wildman–Crippen LogP) is 4.90. The molecular formula is C23H27N7O. The van der Waals surface area contributed by atoms with E-state index in [0.29, 0.717) is 11.4 Å². The normalized spacial score (nSPS) is 12.1. The minimum Gasteiger partial charge on any atom is -0.398 e. The number of carbonyl (C=O) groups is 1. The maximum Gasteiger partial charge on any atom is 0.349 e. The number of rotatable bonds is 6. The molecular weight excluding hydrogens is 390 g/mol. The first-order valence-electron chi connectivity index (χ1n) is 9.91. The summed E-state index contributed by atoms with van der Waals surface area (Å²) in [6.45, 7) is 9.88. The van der Waals surface area contributed by atoms with Crippen molar-refractivity contribution in [3.8, 4) is 0 Å². The van der Waals surface area contributed by atoms with Gasteiger partial charge in [-0.05, 0) is 55.5 Å². The van der Waals surface area contributed by atoms with Gasteiger partial charge in [-0.1, -0.05) is 43.4 Å². The van der Waals surface area contributed by atoms with Gasteiger partial charge in [0.15, 0.2) is 0 Å². The zero-order valence-corrected chi connectivity index (χ0v) is 17.9. The van der Waals surface area contributed by atoms with Crippen molar-refractivity contribution in [1.82, 2.24) is 14.8 Å². The zero-order valence-electron chi connectivity index (χ0n) is 17.9. The van der Waals surface area contributed by atoms with Gasteiger partial charge in [-0.15, -0.1) is 9.78 Å². The summed E-state index contributed by atoms with van der Waals surface area (Å²) >= 11 is 0. The summed E-state index contributed by atoms with van der Waals surface area (Å²) < 4.78 is 1.01. The fourth-order valence-electron chi connectivity index (χ4n) is 3.09. The third-order valence-electron chi connectivity index (χ3n) is 4.76. The number of nitrogens with two attached hydrogens (primary N) is 2. The Morgan fingerprint density at radius 3 is 2.65 bits per heavy atom. The van der Waals surface area contributed by atoms with Crippen LogP contribution < -0.4 is 22.1 Å². The monoisotopic (exact) mass is 417 g/mol. The molecule has 0 aliphatic rings. The van der Waals surface area contributed by atoms with E-state index in [-0.39, 0.29) is 11.9 Å². The van der Waals surface area contributed by atoms with Crippen molar-refractivity contribution < 1.29 is 4.79 Å². The van der Waals surface area contributed by atoms with Gasteiger partial charge in [-0.2, -0.15) is 4.98 Å². The van der Waals surface area contributed by atoms with Crippen LogP contribution in [-0.4, -0.2) is 20.8 Å². The van der Waals surface area contributed by atoms with Crippen LogP contribution in [0.2, 0.25) is 0 Å². The number of nitrogens with zero attached hydrogens (tertiary/aromatic N) is 3. The zero-order chi connectivity index (χ0) is 22.5. The van der Waals surface area contributed by atoms with E-state index in [4.69, 9.17) is 11.5 Å². The summed E-state index contributed by atoms with van der Waals surface area (Å²) in [6, 6.07) is 10.6. The van der Waals surface area contributed by atoms with Crippen LogP contribution in [0.25, 0.3) is 10.8 Å². The number of hydrogen-bond donors (Lipinski definition) is 4. The number of carbonyl (C=O) groups excluding carboxylic acids is 1. The second-order valence-corrected chi connectivity index (χ2v) is 7.22. The Balaban J connectivity index is 1.74. The molecule has 2 aromatic carbocycles. The molecule has 1 heterocycles. The number of nitrogen functional groups attached to an aromatic ring is 2. The van der Waals surface area contributed by atoms with Crippen LogP contribution in [0.15, 0.2) is 72.0 Å². The van der Waals surface area contributed by atoms with Crippen molar-refractivity contribution >= 4 is 40.1 Å². The topological polar surface area (TPSA) is 124 Å². The van der Waals surface area contributed by atoms with Gasteiger partial charge < -0.3 is 22.1 Å². The van der Waals surface area contributed by atoms with Gasteiger partial charge in [0.05, 0.1) is 0 Å². The molecule has 160 valence electrons. The Morgan fingerprint density at radius 2 is 1.94 bits per heavy atom. The molecule has 8 nitrogen and oxygen atoms in total. The Labute approximate surface area is 181 Å². The molecule has 8 heteroatoms. The molecule has 3 aromatic rings. The van der Waals surface area contributed by atoms with Gasteiger partial charge in [-0.25, -0.2) is 4.79 Å². The maximum atomic E-state index is 12.6. The average molecular weight is 418 g/mol. The second-order valence-electron chi connectivity index (χ2n) is 7.22. The molecule has 0 saturated carbocycles. The Morgan fingerprint density at radius 1 is 1.16 bits per heavy atom. The molecule has 31 heavy (non-hydrogen) atoms. The predicted molar refractivity (Wildman–Crippen MR) is 128 cm³/mol. The van der Waals surface area contributed by atoms with Crippen LogP contribution in [0.1, 0.15) is 27.2 Å². The van der Waals surface area contributed by atoms with Gasteiger partial charge in [0.25, 0.3) is 0 Å². The Bertz CT molecular complexity index is 1200. The lowest BCUT2D eigenvalue weighted by Gasteiger charge is -2.08. The summed E-state index contributed by atoms with van der Waals surface area (Å²) in [5, 5.41) is 11.8. The fraction of sp³-hybridized carbons (Fsp3) is 0.174. The highest BCUT2D eigenvalue weighted by Crippen LogP contribution is 2.24. The van der Waals surface area contributed by atoms with Crippen LogP contribution in [-0.2, 0) is 0 Å². The fourth-order valence-corrected chi connectivity index (χ4v) is 3.09. The number of amides is 1. The van der Waals surface area contributed by atoms with Gasteiger partial charge in [0.1, 0.15) is 0 Å². The third kappa shape index (κ3) is 5.11. The van der Waals surface area contributed by atoms with Gasteiger partial charge in [-0.3, -0.25) is 0 Å². The number of aromatic nitrogens is 3. The van der Waals surface area contributed by atoms with Crippen LogP contribution in [0.5, 0.6) is 0 Å². The quantitative estimate of drug-likeness (QED) is 0.334. The van der Waals surface area contributed by atoms with Crippen molar-refractivity contribution in [2.75, 3.05) is 22.1 Å². The minimum absolute atomic E-state index is 0.0236. The van der Waals surface area contributed by atoms with E-state index >= 15 is 0 Å². The van der Waals surface area contributed by atoms with E-state index in [1.807, 2.05) is 56.3 Å². The number of allylic oxidation sites excluding steroid dienone is 5. The van der Waals surface area contributed by atoms with Gasteiger partial charge in [0, 0.05) is 22.5 Å². The largest absolute Gasteiger partial charge is 0.398 e. The summed E-state index contributed by atoms with van der Waals surface area (Å²) in [6.07, 6.45) is 4.79. The van der Waals surface area contributed by atoms with Crippen LogP contribution >= 0.6 is 0 Å². The average Bonchev–Trinajstić information content (AvgIpc) is 3.08. The third-order valence-corrected chi connectivity index (χ3v) is 4.76. The van der Waals surface area contributed by atoms with Crippen LogP contribution in [0.3, 0.4) is 0 Å². The van der Waals surface area contributed by atoms with E-state index in [1.54, 1.807) is 6.07 Å². The molecule has 3 rings (SSSR count). The molecule has 0 spiro atoms. The van der Waals surface area contributed by atoms with E-state index in [0.717, 1.165) is 38.7 Å². The first kappa shape index (κ1) is 21.6. The second kappa shape index (κ2) is 9.17. The molecule has 0 aliphatic carbocycles. The molecule has 0 unspecified atom stereocenters. The molecule has 1 amide bonds. The number of fused-ring (bicyclic) bond motifs is 1. The van der Waals surface area contributed by atoms with Crippen molar-refractivity contribution in [3.05, 3.63) is 72.0 Å². The van der Waals surface area contributed by atoms with E-state index in [2.05, 4.69) is 34.2 Å². The molecule has 0 bridgehead atoms. The van der Waals surface area contributed by atoms with Crippen LogP contribution in [0.4, 0.5) is 28.1 Å². The molecule has 0 saturated heterocycles. The Kier molecular flexibility index (Phi) is 6.40. The highest BCUT2D eigenvalue weighted by Gasteiger charge is 2.14. The summed E-state index contributed by atoms with van der Waals surface area (Å²) in [5.74, 6) is 0.207. The van der Waals surface area contributed by atoms with Crippen molar-refractivity contribution in [3.63, 3.8) is 0 Å². The number of hydrogen-bond acceptors (Lipinski definition) is 6. The smallest absolute Gasteiger partial charge is 0.349 e. The first-order chi connectivity index (χ1) is 14.8. The Hall–Kier alpha value is -4.07.